The van der Waals surface area contributed by atoms with Crippen molar-refractivity contribution < 1.29 is 13.2 Å². The quantitative estimate of drug-likeness (QED) is 0.729. The second-order valence-electron chi connectivity index (χ2n) is 5.16. The molecule has 2 rings (SSSR count). The summed E-state index contributed by atoms with van der Waals surface area (Å²) in [5.74, 6) is -0.114. The predicted molar refractivity (Wildman–Crippen MR) is 82.9 cm³/mol. The van der Waals surface area contributed by atoms with Crippen molar-refractivity contribution in [2.45, 2.75) is 25.8 Å². The van der Waals surface area contributed by atoms with Gasteiger partial charge in [-0.1, -0.05) is 13.0 Å². The lowest BCUT2D eigenvalue weighted by Crippen LogP contribution is -2.36. The Balaban J connectivity index is 2.04. The first-order chi connectivity index (χ1) is 10.00. The second-order valence-corrected chi connectivity index (χ2v) is 7.01. The summed E-state index contributed by atoms with van der Waals surface area (Å²) in [7, 11) is -3.34. The summed E-state index contributed by atoms with van der Waals surface area (Å²) in [5, 5.41) is 6.11. The number of rotatable bonds is 6. The summed E-state index contributed by atoms with van der Waals surface area (Å²) in [6.07, 6.45) is 1.46. The SMILES string of the molecule is CCCS(=O)(=O)Nc1cccc(C(=O)NC2CCNC2)c1. The predicted octanol–water partition coefficient (Wildman–Crippen LogP) is 0.930. The van der Waals surface area contributed by atoms with Crippen molar-refractivity contribution in [2.75, 3.05) is 23.6 Å². The molecule has 1 aliphatic heterocycles. The Hall–Kier alpha value is -1.60. The van der Waals surface area contributed by atoms with Crippen LogP contribution in [0.2, 0.25) is 0 Å². The molecule has 1 heterocycles. The minimum absolute atomic E-state index is 0.0666. The Morgan fingerprint density at radius 1 is 1.43 bits per heavy atom. The van der Waals surface area contributed by atoms with Gasteiger partial charge in [-0.15, -0.1) is 0 Å². The molecule has 0 aliphatic carbocycles. The van der Waals surface area contributed by atoms with Crippen molar-refractivity contribution in [1.29, 1.82) is 0 Å². The largest absolute Gasteiger partial charge is 0.348 e. The summed E-state index contributed by atoms with van der Waals surface area (Å²) >= 11 is 0. The van der Waals surface area contributed by atoms with Crippen LogP contribution in [0, 0.1) is 0 Å². The van der Waals surface area contributed by atoms with Crippen molar-refractivity contribution in [3.8, 4) is 0 Å². The van der Waals surface area contributed by atoms with Gasteiger partial charge in [0.05, 0.1) is 5.75 Å². The van der Waals surface area contributed by atoms with Crippen LogP contribution in [0.15, 0.2) is 24.3 Å². The maximum absolute atomic E-state index is 12.1. The highest BCUT2D eigenvalue weighted by Crippen LogP contribution is 2.13. The van der Waals surface area contributed by atoms with Crippen molar-refractivity contribution in [1.82, 2.24) is 10.6 Å². The van der Waals surface area contributed by atoms with Gasteiger partial charge in [-0.2, -0.15) is 0 Å². The minimum atomic E-state index is -3.34. The zero-order valence-corrected chi connectivity index (χ0v) is 12.9. The van der Waals surface area contributed by atoms with Gasteiger partial charge in [-0.05, 0) is 37.6 Å². The van der Waals surface area contributed by atoms with Gasteiger partial charge in [0.1, 0.15) is 0 Å². The van der Waals surface area contributed by atoms with E-state index in [1.54, 1.807) is 31.2 Å². The number of nitrogens with one attached hydrogen (secondary N) is 3. The highest BCUT2D eigenvalue weighted by Gasteiger charge is 2.18. The molecule has 0 saturated carbocycles. The molecule has 1 aliphatic rings. The van der Waals surface area contributed by atoms with Gasteiger partial charge in [0.15, 0.2) is 0 Å². The molecule has 1 aromatic carbocycles. The van der Waals surface area contributed by atoms with Crippen LogP contribution in [0.5, 0.6) is 0 Å². The number of carbonyl (C=O) groups excluding carboxylic acids is 1. The zero-order chi connectivity index (χ0) is 15.3. The van der Waals surface area contributed by atoms with Crippen molar-refractivity contribution in [3.05, 3.63) is 29.8 Å². The molecule has 0 aromatic heterocycles. The highest BCUT2D eigenvalue weighted by molar-refractivity contribution is 7.92. The van der Waals surface area contributed by atoms with Crippen LogP contribution < -0.4 is 15.4 Å². The van der Waals surface area contributed by atoms with Crippen LogP contribution in [-0.4, -0.2) is 39.2 Å². The highest BCUT2D eigenvalue weighted by atomic mass is 32.2. The number of sulfonamides is 1. The van der Waals surface area contributed by atoms with Crippen LogP contribution in [0.3, 0.4) is 0 Å². The molecule has 1 unspecified atom stereocenters. The van der Waals surface area contributed by atoms with Crippen molar-refractivity contribution in [3.63, 3.8) is 0 Å². The molecule has 1 atom stereocenters. The van der Waals surface area contributed by atoms with E-state index in [-0.39, 0.29) is 17.7 Å². The first-order valence-corrected chi connectivity index (χ1v) is 8.77. The maximum Gasteiger partial charge on any atom is 0.251 e. The minimum Gasteiger partial charge on any atom is -0.348 e. The molecule has 7 heteroatoms. The molecule has 1 aromatic rings. The summed E-state index contributed by atoms with van der Waals surface area (Å²) in [6, 6.07) is 6.69. The average Bonchev–Trinajstić information content (AvgIpc) is 2.91. The fourth-order valence-corrected chi connectivity index (χ4v) is 3.40. The summed E-state index contributed by atoms with van der Waals surface area (Å²) in [4.78, 5) is 12.1. The topological polar surface area (TPSA) is 87.3 Å². The van der Waals surface area contributed by atoms with Gasteiger partial charge >= 0.3 is 0 Å². The number of carbonyl (C=O) groups is 1. The Morgan fingerprint density at radius 2 is 2.24 bits per heavy atom. The van der Waals surface area contributed by atoms with E-state index in [0.29, 0.717) is 17.7 Å². The summed E-state index contributed by atoms with van der Waals surface area (Å²) in [6.45, 7) is 3.48. The molecular formula is C14H21N3O3S. The van der Waals surface area contributed by atoms with Crippen LogP contribution in [0.4, 0.5) is 5.69 Å². The van der Waals surface area contributed by atoms with Crippen LogP contribution in [0.1, 0.15) is 30.1 Å². The van der Waals surface area contributed by atoms with E-state index in [0.717, 1.165) is 19.5 Å². The monoisotopic (exact) mass is 311 g/mol. The molecule has 6 nitrogen and oxygen atoms in total. The fourth-order valence-electron chi connectivity index (χ4n) is 2.27. The van der Waals surface area contributed by atoms with Crippen molar-refractivity contribution in [2.24, 2.45) is 0 Å². The summed E-state index contributed by atoms with van der Waals surface area (Å²) < 4.78 is 26.0. The molecule has 0 spiro atoms. The maximum atomic E-state index is 12.1. The second kappa shape index (κ2) is 6.91. The molecule has 1 amide bonds. The van der Waals surface area contributed by atoms with E-state index in [1.165, 1.54) is 0 Å². The van der Waals surface area contributed by atoms with Gasteiger partial charge in [-0.25, -0.2) is 8.42 Å². The third kappa shape index (κ3) is 4.71. The normalized spacial score (nSPS) is 18.4. The van der Waals surface area contributed by atoms with Gasteiger partial charge in [0, 0.05) is 23.8 Å². The van der Waals surface area contributed by atoms with Crippen molar-refractivity contribution >= 4 is 21.6 Å². The third-order valence-electron chi connectivity index (χ3n) is 3.27. The number of amides is 1. The van der Waals surface area contributed by atoms with E-state index in [4.69, 9.17) is 0 Å². The number of anilines is 1. The Bertz CT molecular complexity index is 595. The van der Waals surface area contributed by atoms with Gasteiger partial charge in [-0.3, -0.25) is 9.52 Å². The van der Waals surface area contributed by atoms with E-state index >= 15 is 0 Å². The molecular weight excluding hydrogens is 290 g/mol. The Labute approximate surface area is 125 Å². The van der Waals surface area contributed by atoms with E-state index in [9.17, 15) is 13.2 Å². The molecule has 1 saturated heterocycles. The molecule has 3 N–H and O–H groups in total. The number of hydrogen-bond acceptors (Lipinski definition) is 4. The van der Waals surface area contributed by atoms with E-state index < -0.39 is 10.0 Å². The first-order valence-electron chi connectivity index (χ1n) is 7.12. The lowest BCUT2D eigenvalue weighted by molar-refractivity contribution is 0.0940. The molecule has 21 heavy (non-hydrogen) atoms. The molecule has 0 bridgehead atoms. The lowest BCUT2D eigenvalue weighted by atomic mass is 10.1. The lowest BCUT2D eigenvalue weighted by Gasteiger charge is -2.12. The molecule has 1 fully saturated rings. The zero-order valence-electron chi connectivity index (χ0n) is 12.1. The molecule has 0 radical (unpaired) electrons. The van der Waals surface area contributed by atoms with Crippen LogP contribution >= 0.6 is 0 Å². The average molecular weight is 311 g/mol. The standard InChI is InChI=1S/C14H21N3O3S/c1-2-8-21(19,20)17-12-5-3-4-11(9-12)14(18)16-13-6-7-15-10-13/h3-5,9,13,15,17H,2,6-8,10H2,1H3,(H,16,18). The van der Waals surface area contributed by atoms with E-state index in [2.05, 4.69) is 15.4 Å². The smallest absolute Gasteiger partial charge is 0.251 e. The number of benzene rings is 1. The molecule has 116 valence electrons. The van der Waals surface area contributed by atoms with Gasteiger partial charge in [0.2, 0.25) is 10.0 Å². The third-order valence-corrected chi connectivity index (χ3v) is 4.76. The van der Waals surface area contributed by atoms with Crippen LogP contribution in [0.25, 0.3) is 0 Å². The van der Waals surface area contributed by atoms with Gasteiger partial charge in [0.25, 0.3) is 5.91 Å². The number of hydrogen-bond donors (Lipinski definition) is 3. The summed E-state index contributed by atoms with van der Waals surface area (Å²) in [5.41, 5.74) is 0.874. The van der Waals surface area contributed by atoms with E-state index in [1.807, 2.05) is 0 Å². The first kappa shape index (κ1) is 15.8. The Morgan fingerprint density at radius 3 is 2.90 bits per heavy atom. The Kier molecular flexibility index (Phi) is 5.19. The fraction of sp³-hybridized carbons (Fsp3) is 0.500. The van der Waals surface area contributed by atoms with Crippen LogP contribution in [-0.2, 0) is 10.0 Å². The van der Waals surface area contributed by atoms with Gasteiger partial charge < -0.3 is 10.6 Å².